The molecular formula is C17H34N2O. The van der Waals surface area contributed by atoms with Gasteiger partial charge in [0.2, 0.25) is 0 Å². The molecule has 2 saturated heterocycles. The van der Waals surface area contributed by atoms with Crippen molar-refractivity contribution in [2.45, 2.75) is 58.4 Å². The van der Waals surface area contributed by atoms with Crippen LogP contribution in [0.1, 0.15) is 52.4 Å². The minimum Gasteiger partial charge on any atom is -0.381 e. The number of hydrogen-bond donors (Lipinski definition) is 1. The van der Waals surface area contributed by atoms with Crippen molar-refractivity contribution >= 4 is 0 Å². The fourth-order valence-electron chi connectivity index (χ4n) is 3.77. The SMILES string of the molecule is CCCNC1CCOCC1CN1CCC(CCC)CC1. The number of nitrogens with one attached hydrogen (secondary N) is 1. The summed E-state index contributed by atoms with van der Waals surface area (Å²) < 4.78 is 5.73. The molecule has 0 radical (unpaired) electrons. The molecule has 0 aromatic heterocycles. The lowest BCUT2D eigenvalue weighted by atomic mass is 9.90. The Morgan fingerprint density at radius 3 is 2.60 bits per heavy atom. The van der Waals surface area contributed by atoms with Crippen molar-refractivity contribution in [1.29, 1.82) is 0 Å². The molecule has 0 aromatic rings. The fraction of sp³-hybridized carbons (Fsp3) is 1.00. The lowest BCUT2D eigenvalue weighted by Crippen LogP contribution is -2.49. The Bertz CT molecular complexity index is 251. The van der Waals surface area contributed by atoms with Crippen LogP contribution in [0.3, 0.4) is 0 Å². The van der Waals surface area contributed by atoms with Gasteiger partial charge in [0, 0.05) is 25.1 Å². The van der Waals surface area contributed by atoms with Gasteiger partial charge in [-0.3, -0.25) is 0 Å². The molecule has 0 aliphatic carbocycles. The van der Waals surface area contributed by atoms with Gasteiger partial charge in [0.1, 0.15) is 0 Å². The van der Waals surface area contributed by atoms with Crippen LogP contribution < -0.4 is 5.32 Å². The summed E-state index contributed by atoms with van der Waals surface area (Å²) >= 11 is 0. The first-order valence-electron chi connectivity index (χ1n) is 8.87. The highest BCUT2D eigenvalue weighted by atomic mass is 16.5. The molecule has 1 N–H and O–H groups in total. The Labute approximate surface area is 125 Å². The van der Waals surface area contributed by atoms with Gasteiger partial charge in [-0.05, 0) is 51.2 Å². The standard InChI is InChI=1S/C17H34N2O/c1-3-5-15-6-10-19(11-7-15)13-16-14-20-12-8-17(16)18-9-4-2/h15-18H,3-14H2,1-2H3. The quantitative estimate of drug-likeness (QED) is 0.777. The summed E-state index contributed by atoms with van der Waals surface area (Å²) in [5.74, 6) is 1.69. The van der Waals surface area contributed by atoms with Crippen LogP contribution in [-0.4, -0.2) is 50.3 Å². The summed E-state index contributed by atoms with van der Waals surface area (Å²) in [5, 5.41) is 3.73. The molecule has 118 valence electrons. The zero-order valence-electron chi connectivity index (χ0n) is 13.6. The Morgan fingerprint density at radius 2 is 1.90 bits per heavy atom. The van der Waals surface area contributed by atoms with E-state index in [1.54, 1.807) is 0 Å². The lowest BCUT2D eigenvalue weighted by Gasteiger charge is -2.38. The zero-order valence-corrected chi connectivity index (χ0v) is 13.6. The van der Waals surface area contributed by atoms with Gasteiger partial charge >= 0.3 is 0 Å². The Balaban J connectivity index is 1.73. The lowest BCUT2D eigenvalue weighted by molar-refractivity contribution is 0.0116. The van der Waals surface area contributed by atoms with Crippen LogP contribution in [0.25, 0.3) is 0 Å². The third-order valence-electron chi connectivity index (χ3n) is 5.03. The number of rotatable bonds is 7. The van der Waals surface area contributed by atoms with E-state index in [-0.39, 0.29) is 0 Å². The van der Waals surface area contributed by atoms with Gasteiger partial charge in [0.05, 0.1) is 6.61 Å². The van der Waals surface area contributed by atoms with Crippen molar-refractivity contribution in [3.8, 4) is 0 Å². The highest BCUT2D eigenvalue weighted by Gasteiger charge is 2.28. The molecule has 0 saturated carbocycles. The Kier molecular flexibility index (Phi) is 7.32. The predicted octanol–water partition coefficient (Wildman–Crippen LogP) is 2.90. The molecule has 2 unspecified atom stereocenters. The number of likely N-dealkylation sites (tertiary alicyclic amines) is 1. The molecule has 0 amide bonds. The fourth-order valence-corrected chi connectivity index (χ4v) is 3.77. The summed E-state index contributed by atoms with van der Waals surface area (Å²) in [6, 6.07) is 0.678. The summed E-state index contributed by atoms with van der Waals surface area (Å²) in [6.45, 7) is 11.5. The summed E-state index contributed by atoms with van der Waals surface area (Å²) in [5.41, 5.74) is 0. The van der Waals surface area contributed by atoms with Crippen LogP contribution >= 0.6 is 0 Å². The maximum absolute atomic E-state index is 5.73. The molecule has 3 nitrogen and oxygen atoms in total. The zero-order chi connectivity index (χ0) is 14.2. The monoisotopic (exact) mass is 282 g/mol. The smallest absolute Gasteiger partial charge is 0.0521 e. The second-order valence-corrected chi connectivity index (χ2v) is 6.72. The Hall–Kier alpha value is -0.120. The van der Waals surface area contributed by atoms with E-state index in [0.717, 1.165) is 25.7 Å². The highest BCUT2D eigenvalue weighted by Crippen LogP contribution is 2.24. The van der Waals surface area contributed by atoms with Gasteiger partial charge < -0.3 is 15.0 Å². The van der Waals surface area contributed by atoms with E-state index < -0.39 is 0 Å². The molecule has 2 aliphatic rings. The molecule has 2 atom stereocenters. The van der Waals surface area contributed by atoms with E-state index in [4.69, 9.17) is 4.74 Å². The van der Waals surface area contributed by atoms with E-state index in [1.165, 1.54) is 58.2 Å². The van der Waals surface area contributed by atoms with Gasteiger partial charge in [-0.1, -0.05) is 26.7 Å². The summed E-state index contributed by atoms with van der Waals surface area (Å²) in [4.78, 5) is 2.69. The second kappa shape index (κ2) is 9.01. The number of ether oxygens (including phenoxy) is 1. The van der Waals surface area contributed by atoms with Crippen molar-refractivity contribution in [1.82, 2.24) is 10.2 Å². The molecule has 20 heavy (non-hydrogen) atoms. The third kappa shape index (κ3) is 5.01. The normalized spacial score (nSPS) is 29.7. The van der Waals surface area contributed by atoms with Crippen LogP contribution in [-0.2, 0) is 4.74 Å². The second-order valence-electron chi connectivity index (χ2n) is 6.72. The first kappa shape index (κ1) is 16.3. The number of hydrogen-bond acceptors (Lipinski definition) is 3. The molecule has 2 heterocycles. The van der Waals surface area contributed by atoms with E-state index in [0.29, 0.717) is 12.0 Å². The molecule has 2 aliphatic heterocycles. The maximum atomic E-state index is 5.73. The van der Waals surface area contributed by atoms with Crippen LogP contribution in [0.5, 0.6) is 0 Å². The molecular weight excluding hydrogens is 248 g/mol. The van der Waals surface area contributed by atoms with E-state index in [9.17, 15) is 0 Å². The van der Waals surface area contributed by atoms with Crippen molar-refractivity contribution < 1.29 is 4.74 Å². The van der Waals surface area contributed by atoms with Gasteiger partial charge in [0.25, 0.3) is 0 Å². The van der Waals surface area contributed by atoms with Crippen molar-refractivity contribution in [2.75, 3.05) is 39.4 Å². The topological polar surface area (TPSA) is 24.5 Å². The van der Waals surface area contributed by atoms with Crippen LogP contribution in [0, 0.1) is 11.8 Å². The summed E-state index contributed by atoms with van der Waals surface area (Å²) in [6.07, 6.45) is 8.03. The first-order chi connectivity index (χ1) is 9.83. The molecule has 0 bridgehead atoms. The van der Waals surface area contributed by atoms with Crippen LogP contribution in [0.15, 0.2) is 0 Å². The first-order valence-corrected chi connectivity index (χ1v) is 8.87. The largest absolute Gasteiger partial charge is 0.381 e. The van der Waals surface area contributed by atoms with Gasteiger partial charge in [-0.2, -0.15) is 0 Å². The van der Waals surface area contributed by atoms with E-state index in [2.05, 4.69) is 24.1 Å². The van der Waals surface area contributed by atoms with Gasteiger partial charge in [0.15, 0.2) is 0 Å². The summed E-state index contributed by atoms with van der Waals surface area (Å²) in [7, 11) is 0. The van der Waals surface area contributed by atoms with Crippen molar-refractivity contribution in [2.24, 2.45) is 11.8 Å². The van der Waals surface area contributed by atoms with Gasteiger partial charge in [-0.15, -0.1) is 0 Å². The molecule has 0 spiro atoms. The molecule has 2 fully saturated rings. The van der Waals surface area contributed by atoms with Crippen LogP contribution in [0.4, 0.5) is 0 Å². The molecule has 2 rings (SSSR count). The third-order valence-corrected chi connectivity index (χ3v) is 5.03. The average Bonchev–Trinajstić information content (AvgIpc) is 2.49. The maximum Gasteiger partial charge on any atom is 0.0521 e. The number of piperidine rings is 1. The van der Waals surface area contributed by atoms with E-state index >= 15 is 0 Å². The highest BCUT2D eigenvalue weighted by molar-refractivity contribution is 4.83. The van der Waals surface area contributed by atoms with Gasteiger partial charge in [-0.25, -0.2) is 0 Å². The predicted molar refractivity (Wildman–Crippen MR) is 85.1 cm³/mol. The minimum atomic E-state index is 0.678. The van der Waals surface area contributed by atoms with E-state index in [1.807, 2.05) is 0 Å². The van der Waals surface area contributed by atoms with Crippen LogP contribution in [0.2, 0.25) is 0 Å². The average molecular weight is 282 g/mol. The molecule has 0 aromatic carbocycles. The number of nitrogens with zero attached hydrogens (tertiary/aromatic N) is 1. The van der Waals surface area contributed by atoms with Crippen molar-refractivity contribution in [3.63, 3.8) is 0 Å². The minimum absolute atomic E-state index is 0.678. The van der Waals surface area contributed by atoms with Crippen molar-refractivity contribution in [3.05, 3.63) is 0 Å². The molecule has 3 heteroatoms. The Morgan fingerprint density at radius 1 is 1.10 bits per heavy atom.